The van der Waals surface area contributed by atoms with Crippen molar-refractivity contribution in [3.8, 4) is 18.2 Å². The molecule has 0 unspecified atom stereocenters. The van der Waals surface area contributed by atoms with E-state index in [0.717, 1.165) is 11.1 Å². The van der Waals surface area contributed by atoms with Gasteiger partial charge in [-0.15, -0.1) is 0 Å². The first-order valence-electron chi connectivity index (χ1n) is 12.6. The maximum absolute atomic E-state index is 13.4. The van der Waals surface area contributed by atoms with Gasteiger partial charge < -0.3 is 10.5 Å². The third kappa shape index (κ3) is 4.81. The van der Waals surface area contributed by atoms with Crippen molar-refractivity contribution < 1.29 is 9.53 Å². The Bertz CT molecular complexity index is 1410. The molecular formula is C32H34N4O2. The second kappa shape index (κ2) is 10.2. The van der Waals surface area contributed by atoms with Crippen LogP contribution in [0, 0.1) is 39.4 Å². The van der Waals surface area contributed by atoms with Crippen molar-refractivity contribution in [3.05, 3.63) is 87.6 Å². The summed E-state index contributed by atoms with van der Waals surface area (Å²) in [4.78, 5) is 13.4. The molecule has 0 fully saturated rings. The van der Waals surface area contributed by atoms with Gasteiger partial charge in [-0.25, -0.2) is 4.79 Å². The molecule has 38 heavy (non-hydrogen) atoms. The molecule has 0 spiro atoms. The van der Waals surface area contributed by atoms with Crippen molar-refractivity contribution in [1.82, 2.24) is 0 Å². The van der Waals surface area contributed by atoms with Crippen LogP contribution in [0.2, 0.25) is 0 Å². The van der Waals surface area contributed by atoms with Crippen molar-refractivity contribution in [3.63, 3.8) is 0 Å². The minimum absolute atomic E-state index is 0.0126. The number of nitrogens with two attached hydrogens (primary N) is 1. The Morgan fingerprint density at radius 2 is 1.37 bits per heavy atom. The number of hydrogen-bond donors (Lipinski definition) is 1. The number of nitrogens with zero attached hydrogens (tertiary/aromatic N) is 3. The van der Waals surface area contributed by atoms with E-state index >= 15 is 0 Å². The van der Waals surface area contributed by atoms with E-state index in [0.29, 0.717) is 16.7 Å². The summed E-state index contributed by atoms with van der Waals surface area (Å²) in [5, 5.41) is 31.0. The van der Waals surface area contributed by atoms with Crippen LogP contribution in [0.4, 0.5) is 0 Å². The molecule has 3 rings (SSSR count). The summed E-state index contributed by atoms with van der Waals surface area (Å²) >= 11 is 0. The fourth-order valence-corrected chi connectivity index (χ4v) is 4.84. The summed E-state index contributed by atoms with van der Waals surface area (Å²) in [5.74, 6) is -1.66. The predicted octanol–water partition coefficient (Wildman–Crippen LogP) is 6.17. The fourth-order valence-electron chi connectivity index (χ4n) is 4.84. The Kier molecular flexibility index (Phi) is 7.58. The van der Waals surface area contributed by atoms with E-state index in [1.165, 1.54) is 0 Å². The summed E-state index contributed by atoms with van der Waals surface area (Å²) in [6.45, 7) is 14.3. The van der Waals surface area contributed by atoms with Gasteiger partial charge in [0.15, 0.2) is 5.41 Å². The Balaban J connectivity index is 2.48. The van der Waals surface area contributed by atoms with Gasteiger partial charge in [0.1, 0.15) is 6.07 Å². The van der Waals surface area contributed by atoms with Crippen LogP contribution in [0.5, 0.6) is 0 Å². The molecule has 0 amide bonds. The first kappa shape index (κ1) is 28.2. The third-order valence-electron chi connectivity index (χ3n) is 7.05. The summed E-state index contributed by atoms with van der Waals surface area (Å²) in [6, 6.07) is 21.5. The molecule has 2 aromatic rings. The van der Waals surface area contributed by atoms with Crippen LogP contribution in [-0.2, 0) is 20.4 Å². The molecule has 0 aliphatic heterocycles. The molecular weight excluding hydrogens is 472 g/mol. The predicted molar refractivity (Wildman–Crippen MR) is 147 cm³/mol. The summed E-state index contributed by atoms with van der Waals surface area (Å²) < 4.78 is 5.37. The highest BCUT2D eigenvalue weighted by molar-refractivity contribution is 6.06. The summed E-state index contributed by atoms with van der Waals surface area (Å²) in [7, 11) is 0. The molecule has 0 heterocycles. The lowest BCUT2D eigenvalue weighted by molar-refractivity contribution is -0.138. The second-order valence-electron chi connectivity index (χ2n) is 11.6. The van der Waals surface area contributed by atoms with Gasteiger partial charge in [-0.2, -0.15) is 15.8 Å². The Morgan fingerprint density at radius 1 is 0.895 bits per heavy atom. The first-order valence-corrected chi connectivity index (χ1v) is 12.6. The number of carbonyl (C=O) groups is 1. The van der Waals surface area contributed by atoms with E-state index in [4.69, 9.17) is 10.5 Å². The van der Waals surface area contributed by atoms with Gasteiger partial charge in [-0.05, 0) is 45.6 Å². The maximum Gasteiger partial charge on any atom is 0.339 e. The van der Waals surface area contributed by atoms with Crippen molar-refractivity contribution in [2.45, 2.75) is 65.2 Å². The number of allylic oxidation sites excluding steroid dienone is 2. The number of rotatable bonds is 4. The number of nitriles is 3. The van der Waals surface area contributed by atoms with Crippen LogP contribution in [0.25, 0.3) is 5.57 Å². The largest absolute Gasteiger partial charge is 0.462 e. The zero-order chi connectivity index (χ0) is 28.5. The van der Waals surface area contributed by atoms with Crippen molar-refractivity contribution in [2.24, 2.45) is 11.1 Å². The molecule has 0 saturated carbocycles. The lowest BCUT2D eigenvalue weighted by Gasteiger charge is -2.38. The number of esters is 1. The lowest BCUT2D eigenvalue weighted by Crippen LogP contribution is -2.39. The highest BCUT2D eigenvalue weighted by Gasteiger charge is 2.52. The van der Waals surface area contributed by atoms with Crippen LogP contribution < -0.4 is 5.73 Å². The molecule has 6 nitrogen and oxygen atoms in total. The first-order chi connectivity index (χ1) is 17.8. The average molecular weight is 507 g/mol. The zero-order valence-electron chi connectivity index (χ0n) is 23.1. The van der Waals surface area contributed by atoms with Gasteiger partial charge in [0.05, 0.1) is 35.6 Å². The molecule has 0 radical (unpaired) electrons. The van der Waals surface area contributed by atoms with Crippen molar-refractivity contribution >= 4 is 11.5 Å². The molecule has 0 saturated heterocycles. The van der Waals surface area contributed by atoms with E-state index in [1.54, 1.807) is 6.92 Å². The van der Waals surface area contributed by atoms with E-state index < -0.39 is 17.3 Å². The molecule has 1 aliphatic carbocycles. The molecule has 0 aromatic heterocycles. The Hall–Kier alpha value is -4.34. The van der Waals surface area contributed by atoms with E-state index in [2.05, 4.69) is 53.7 Å². The fraction of sp³-hybridized carbons (Fsp3) is 0.375. The minimum atomic E-state index is -1.91. The molecule has 1 atom stereocenters. The molecule has 2 N–H and O–H groups in total. The maximum atomic E-state index is 13.4. The molecule has 1 aliphatic rings. The molecule has 6 heteroatoms. The SMILES string of the molecule is CCOC(=O)C1=C(c2ccc(C(C)(C)C)cc2)[C@H](c2ccc(C(C)(C)C)cc2)C(C#N)(C#N)C(N)=C1C#N. The van der Waals surface area contributed by atoms with Crippen LogP contribution in [0.3, 0.4) is 0 Å². The number of benzene rings is 2. The van der Waals surface area contributed by atoms with E-state index in [-0.39, 0.29) is 34.3 Å². The monoisotopic (exact) mass is 506 g/mol. The summed E-state index contributed by atoms with van der Waals surface area (Å²) in [6.07, 6.45) is 0. The highest BCUT2D eigenvalue weighted by Crippen LogP contribution is 2.54. The van der Waals surface area contributed by atoms with Crippen LogP contribution in [0.1, 0.15) is 76.6 Å². The Labute approximate surface area is 225 Å². The second-order valence-corrected chi connectivity index (χ2v) is 11.6. The topological polar surface area (TPSA) is 124 Å². The minimum Gasteiger partial charge on any atom is -0.462 e. The molecule has 0 bridgehead atoms. The molecule has 2 aromatic carbocycles. The highest BCUT2D eigenvalue weighted by atomic mass is 16.5. The van der Waals surface area contributed by atoms with Crippen LogP contribution in [0.15, 0.2) is 65.4 Å². The standard InChI is InChI=1S/C32H34N4O2/c1-8-38-29(37)26-24(17-33)28(36)32(18-34,19-35)27(21-11-15-23(16-12-21)31(5,6)7)25(26)20-9-13-22(14-10-20)30(2,3)4/h9-16,27H,8,36H2,1-7H3/t27-/m0/s1. The van der Waals surface area contributed by atoms with Gasteiger partial charge >= 0.3 is 5.97 Å². The number of carbonyl (C=O) groups excluding carboxylic acids is 1. The van der Waals surface area contributed by atoms with Crippen molar-refractivity contribution in [1.29, 1.82) is 15.8 Å². The molecule has 194 valence electrons. The van der Waals surface area contributed by atoms with Gasteiger partial charge in [0.25, 0.3) is 0 Å². The van der Waals surface area contributed by atoms with Gasteiger partial charge in [0, 0.05) is 5.92 Å². The summed E-state index contributed by atoms with van der Waals surface area (Å²) in [5.41, 5.74) is 7.60. The van der Waals surface area contributed by atoms with Crippen LogP contribution >= 0.6 is 0 Å². The van der Waals surface area contributed by atoms with Crippen LogP contribution in [-0.4, -0.2) is 12.6 Å². The van der Waals surface area contributed by atoms with E-state index in [1.807, 2.05) is 54.6 Å². The Morgan fingerprint density at radius 3 is 1.76 bits per heavy atom. The van der Waals surface area contributed by atoms with Crippen molar-refractivity contribution in [2.75, 3.05) is 6.61 Å². The quantitative estimate of drug-likeness (QED) is 0.495. The number of ether oxygens (including phenoxy) is 1. The van der Waals surface area contributed by atoms with Gasteiger partial charge in [0.2, 0.25) is 0 Å². The third-order valence-corrected chi connectivity index (χ3v) is 7.05. The normalized spacial score (nSPS) is 17.3. The lowest BCUT2D eigenvalue weighted by atomic mass is 9.61. The smallest absolute Gasteiger partial charge is 0.339 e. The van der Waals surface area contributed by atoms with Gasteiger partial charge in [-0.1, -0.05) is 90.1 Å². The number of hydrogen-bond acceptors (Lipinski definition) is 6. The average Bonchev–Trinajstić information content (AvgIpc) is 2.87. The zero-order valence-corrected chi connectivity index (χ0v) is 23.1. The van der Waals surface area contributed by atoms with E-state index in [9.17, 15) is 20.6 Å². The van der Waals surface area contributed by atoms with Gasteiger partial charge in [-0.3, -0.25) is 0 Å².